The van der Waals surface area contributed by atoms with Gasteiger partial charge in [-0.1, -0.05) is 0 Å². The van der Waals surface area contributed by atoms with E-state index in [4.69, 9.17) is 4.74 Å². The van der Waals surface area contributed by atoms with Gasteiger partial charge < -0.3 is 9.72 Å². The number of hydrogen-bond acceptors (Lipinski definition) is 4. The second kappa shape index (κ2) is 4.10. The van der Waals surface area contributed by atoms with Gasteiger partial charge in [-0.15, -0.1) is 0 Å². The van der Waals surface area contributed by atoms with Crippen molar-refractivity contribution >= 4 is 11.0 Å². The molecule has 0 aliphatic rings. The van der Waals surface area contributed by atoms with Gasteiger partial charge in [0.1, 0.15) is 11.4 Å². The zero-order valence-corrected chi connectivity index (χ0v) is 10.1. The molecule has 0 radical (unpaired) electrons. The quantitative estimate of drug-likeness (QED) is 0.746. The van der Waals surface area contributed by atoms with Crippen LogP contribution in [0.4, 0.5) is 0 Å². The standard InChI is InChI=1S/C13H12N4O/c1-8-6-15-12(7-14-8)13-16-10-4-3-9(18-2)5-11(10)17-13/h3-7H,1-2H3,(H,16,17). The number of H-pyrrole nitrogens is 1. The summed E-state index contributed by atoms with van der Waals surface area (Å²) in [5, 5.41) is 0. The van der Waals surface area contributed by atoms with Gasteiger partial charge in [0.25, 0.3) is 0 Å². The average molecular weight is 240 g/mol. The first-order valence-electron chi connectivity index (χ1n) is 5.59. The third-order valence-corrected chi connectivity index (χ3v) is 2.71. The molecule has 0 aliphatic heterocycles. The number of aryl methyl sites for hydroxylation is 1. The van der Waals surface area contributed by atoms with Gasteiger partial charge >= 0.3 is 0 Å². The number of rotatable bonds is 2. The fourth-order valence-electron chi connectivity index (χ4n) is 1.75. The molecule has 1 aromatic carbocycles. The van der Waals surface area contributed by atoms with E-state index in [9.17, 15) is 0 Å². The lowest BCUT2D eigenvalue weighted by atomic mass is 10.3. The molecule has 2 heterocycles. The number of fused-ring (bicyclic) bond motifs is 1. The lowest BCUT2D eigenvalue weighted by Gasteiger charge is -1.96. The molecule has 0 fully saturated rings. The number of methoxy groups -OCH3 is 1. The second-order valence-corrected chi connectivity index (χ2v) is 4.01. The lowest BCUT2D eigenvalue weighted by Crippen LogP contribution is -1.89. The minimum Gasteiger partial charge on any atom is -0.497 e. The fourth-order valence-corrected chi connectivity index (χ4v) is 1.75. The van der Waals surface area contributed by atoms with Gasteiger partial charge in [0, 0.05) is 12.3 Å². The van der Waals surface area contributed by atoms with Gasteiger partial charge in [-0.2, -0.15) is 0 Å². The Morgan fingerprint density at radius 2 is 2.06 bits per heavy atom. The molecule has 0 atom stereocenters. The summed E-state index contributed by atoms with van der Waals surface area (Å²) < 4.78 is 5.18. The van der Waals surface area contributed by atoms with E-state index in [1.807, 2.05) is 25.1 Å². The van der Waals surface area contributed by atoms with Crippen LogP contribution < -0.4 is 4.74 Å². The maximum Gasteiger partial charge on any atom is 0.158 e. The summed E-state index contributed by atoms with van der Waals surface area (Å²) in [6.45, 7) is 1.90. The molecule has 3 aromatic rings. The fraction of sp³-hybridized carbons (Fsp3) is 0.154. The van der Waals surface area contributed by atoms with Gasteiger partial charge in [0.2, 0.25) is 0 Å². The predicted octanol–water partition coefficient (Wildman–Crippen LogP) is 2.34. The number of aromatic amines is 1. The van der Waals surface area contributed by atoms with Crippen LogP contribution >= 0.6 is 0 Å². The highest BCUT2D eigenvalue weighted by Crippen LogP contribution is 2.22. The van der Waals surface area contributed by atoms with Crippen LogP contribution in [0.2, 0.25) is 0 Å². The number of benzene rings is 1. The molecule has 90 valence electrons. The molecule has 18 heavy (non-hydrogen) atoms. The third kappa shape index (κ3) is 1.79. The summed E-state index contributed by atoms with van der Waals surface area (Å²) in [6.07, 6.45) is 3.44. The molecule has 3 rings (SSSR count). The van der Waals surface area contributed by atoms with Gasteiger partial charge in [0.05, 0.1) is 30.0 Å². The van der Waals surface area contributed by atoms with Crippen molar-refractivity contribution in [1.82, 2.24) is 19.9 Å². The molecular formula is C13H12N4O. The maximum absolute atomic E-state index is 5.18. The van der Waals surface area contributed by atoms with Crippen LogP contribution in [0.15, 0.2) is 30.6 Å². The van der Waals surface area contributed by atoms with E-state index in [-0.39, 0.29) is 0 Å². The number of nitrogens with zero attached hydrogens (tertiary/aromatic N) is 3. The molecule has 0 saturated carbocycles. The van der Waals surface area contributed by atoms with Crippen LogP contribution in [0, 0.1) is 6.92 Å². The van der Waals surface area contributed by atoms with E-state index in [0.717, 1.165) is 28.2 Å². The zero-order chi connectivity index (χ0) is 12.5. The molecule has 5 heteroatoms. The molecule has 0 aliphatic carbocycles. The SMILES string of the molecule is COc1ccc2nc(-c3cnc(C)cn3)[nH]c2c1. The van der Waals surface area contributed by atoms with Crippen LogP contribution in [-0.4, -0.2) is 27.0 Å². The Labute approximate surface area is 104 Å². The molecule has 2 aromatic heterocycles. The molecule has 0 saturated heterocycles. The second-order valence-electron chi connectivity index (χ2n) is 4.01. The van der Waals surface area contributed by atoms with Gasteiger partial charge in [-0.05, 0) is 19.1 Å². The molecule has 0 bridgehead atoms. The maximum atomic E-state index is 5.18. The molecule has 0 unspecified atom stereocenters. The molecule has 1 N–H and O–H groups in total. The van der Waals surface area contributed by atoms with Crippen molar-refractivity contribution in [2.24, 2.45) is 0 Å². The van der Waals surface area contributed by atoms with Crippen molar-refractivity contribution in [2.75, 3.05) is 7.11 Å². The van der Waals surface area contributed by atoms with Gasteiger partial charge in [0.15, 0.2) is 5.82 Å². The first kappa shape index (κ1) is 10.7. The summed E-state index contributed by atoms with van der Waals surface area (Å²) in [5.41, 5.74) is 3.42. The van der Waals surface area contributed by atoms with Crippen molar-refractivity contribution in [3.8, 4) is 17.3 Å². The Morgan fingerprint density at radius 3 is 2.78 bits per heavy atom. The van der Waals surface area contributed by atoms with E-state index in [0.29, 0.717) is 5.82 Å². The molecule has 0 spiro atoms. The van der Waals surface area contributed by atoms with E-state index in [2.05, 4.69) is 19.9 Å². The van der Waals surface area contributed by atoms with Gasteiger partial charge in [-0.3, -0.25) is 4.98 Å². The average Bonchev–Trinajstić information content (AvgIpc) is 2.82. The predicted molar refractivity (Wildman–Crippen MR) is 68.4 cm³/mol. The van der Waals surface area contributed by atoms with E-state index >= 15 is 0 Å². The number of imidazole rings is 1. The van der Waals surface area contributed by atoms with Crippen molar-refractivity contribution in [2.45, 2.75) is 6.92 Å². The topological polar surface area (TPSA) is 63.7 Å². The number of ether oxygens (including phenoxy) is 1. The number of nitrogens with one attached hydrogen (secondary N) is 1. The Hall–Kier alpha value is -2.43. The van der Waals surface area contributed by atoms with Crippen LogP contribution in [-0.2, 0) is 0 Å². The van der Waals surface area contributed by atoms with E-state index < -0.39 is 0 Å². The number of aromatic nitrogens is 4. The van der Waals surface area contributed by atoms with Crippen molar-refractivity contribution in [1.29, 1.82) is 0 Å². The summed E-state index contributed by atoms with van der Waals surface area (Å²) in [4.78, 5) is 16.2. The smallest absolute Gasteiger partial charge is 0.158 e. The van der Waals surface area contributed by atoms with Crippen LogP contribution in [0.3, 0.4) is 0 Å². The number of hydrogen-bond donors (Lipinski definition) is 1. The Bertz CT molecular complexity index is 688. The van der Waals surface area contributed by atoms with Crippen LogP contribution in [0.5, 0.6) is 5.75 Å². The van der Waals surface area contributed by atoms with Crippen molar-refractivity contribution in [3.63, 3.8) is 0 Å². The minimum atomic E-state index is 0.714. The van der Waals surface area contributed by atoms with Crippen molar-refractivity contribution in [3.05, 3.63) is 36.3 Å². The molecule has 0 amide bonds. The van der Waals surface area contributed by atoms with E-state index in [1.54, 1.807) is 19.5 Å². The van der Waals surface area contributed by atoms with Crippen molar-refractivity contribution < 1.29 is 4.74 Å². The van der Waals surface area contributed by atoms with E-state index in [1.165, 1.54) is 0 Å². The highest BCUT2D eigenvalue weighted by Gasteiger charge is 2.07. The van der Waals surface area contributed by atoms with Crippen LogP contribution in [0.25, 0.3) is 22.6 Å². The first-order chi connectivity index (χ1) is 8.76. The summed E-state index contributed by atoms with van der Waals surface area (Å²) in [6, 6.07) is 5.71. The normalized spacial score (nSPS) is 10.8. The molecular weight excluding hydrogens is 228 g/mol. The monoisotopic (exact) mass is 240 g/mol. The highest BCUT2D eigenvalue weighted by molar-refractivity contribution is 5.80. The Kier molecular flexibility index (Phi) is 2.44. The third-order valence-electron chi connectivity index (χ3n) is 2.71. The Balaban J connectivity index is 2.10. The summed E-state index contributed by atoms with van der Waals surface area (Å²) >= 11 is 0. The lowest BCUT2D eigenvalue weighted by molar-refractivity contribution is 0.415. The molecule has 5 nitrogen and oxygen atoms in total. The zero-order valence-electron chi connectivity index (χ0n) is 10.1. The van der Waals surface area contributed by atoms with Gasteiger partial charge in [-0.25, -0.2) is 9.97 Å². The Morgan fingerprint density at radius 1 is 1.17 bits per heavy atom. The first-order valence-corrected chi connectivity index (χ1v) is 5.59. The summed E-state index contributed by atoms with van der Waals surface area (Å²) in [5.74, 6) is 1.51. The highest BCUT2D eigenvalue weighted by atomic mass is 16.5. The largest absolute Gasteiger partial charge is 0.497 e. The van der Waals surface area contributed by atoms with Crippen LogP contribution in [0.1, 0.15) is 5.69 Å². The summed E-state index contributed by atoms with van der Waals surface area (Å²) in [7, 11) is 1.64. The minimum absolute atomic E-state index is 0.714.